The molecule has 0 bridgehead atoms. The quantitative estimate of drug-likeness (QED) is 0.629. The molecule has 0 N–H and O–H groups in total. The highest BCUT2D eigenvalue weighted by Crippen LogP contribution is 2.08. The van der Waals surface area contributed by atoms with Crippen molar-refractivity contribution in [2.45, 2.75) is 6.54 Å². The number of nitrogens with zero attached hydrogens (tertiary/aromatic N) is 3. The van der Waals surface area contributed by atoms with Crippen molar-refractivity contribution in [1.82, 2.24) is 15.0 Å². The Hall–Kier alpha value is -1.44. The van der Waals surface area contributed by atoms with Crippen LogP contribution in [0.15, 0.2) is 30.5 Å². The van der Waals surface area contributed by atoms with Gasteiger partial charge in [-0.1, -0.05) is 17.3 Å². The molecule has 0 unspecified atom stereocenters. The molecule has 2 rings (SSSR count). The van der Waals surface area contributed by atoms with Crippen molar-refractivity contribution < 1.29 is 9.53 Å². The molecule has 1 heterocycles. The van der Waals surface area contributed by atoms with Gasteiger partial charge in [-0.25, -0.2) is 9.48 Å². The summed E-state index contributed by atoms with van der Waals surface area (Å²) in [6.07, 6.45) is 1.57. The van der Waals surface area contributed by atoms with Gasteiger partial charge >= 0.3 is 5.97 Å². The zero-order valence-corrected chi connectivity index (χ0v) is 11.3. The second-order valence-corrected chi connectivity index (χ2v) is 4.67. The molecule has 0 radical (unpaired) electrons. The summed E-state index contributed by atoms with van der Waals surface area (Å²) in [6.45, 7) is 0.584. The van der Waals surface area contributed by atoms with Gasteiger partial charge in [-0.2, -0.15) is 0 Å². The molecule has 17 heavy (non-hydrogen) atoms. The SMILES string of the molecule is COC(=O)c1cn(Cc2ccc(I)cc2)nn1. The molecule has 0 amide bonds. The second kappa shape index (κ2) is 5.26. The molecule has 0 saturated carbocycles. The molecule has 0 saturated heterocycles. The molecule has 5 nitrogen and oxygen atoms in total. The molecule has 0 aliphatic rings. The number of methoxy groups -OCH3 is 1. The van der Waals surface area contributed by atoms with Crippen LogP contribution in [0.3, 0.4) is 0 Å². The van der Waals surface area contributed by atoms with E-state index in [4.69, 9.17) is 0 Å². The molecule has 0 aliphatic heterocycles. The maximum atomic E-state index is 11.2. The third-order valence-corrected chi connectivity index (χ3v) is 2.91. The summed E-state index contributed by atoms with van der Waals surface area (Å²) in [5.41, 5.74) is 1.32. The molecule has 1 aromatic heterocycles. The van der Waals surface area contributed by atoms with Crippen molar-refractivity contribution in [1.29, 1.82) is 0 Å². The van der Waals surface area contributed by atoms with Crippen molar-refractivity contribution >= 4 is 28.6 Å². The largest absolute Gasteiger partial charge is 0.464 e. The van der Waals surface area contributed by atoms with Gasteiger partial charge in [0.1, 0.15) is 0 Å². The third kappa shape index (κ3) is 3.02. The Labute approximate surface area is 112 Å². The highest BCUT2D eigenvalue weighted by molar-refractivity contribution is 14.1. The van der Waals surface area contributed by atoms with E-state index in [0.29, 0.717) is 6.54 Å². The number of benzene rings is 1. The molecular formula is C11H10IN3O2. The number of hydrogen-bond donors (Lipinski definition) is 0. The lowest BCUT2D eigenvalue weighted by molar-refractivity contribution is 0.0594. The van der Waals surface area contributed by atoms with Gasteiger partial charge in [-0.15, -0.1) is 5.10 Å². The Morgan fingerprint density at radius 1 is 1.41 bits per heavy atom. The van der Waals surface area contributed by atoms with Gasteiger partial charge in [0.15, 0.2) is 5.69 Å². The first-order chi connectivity index (χ1) is 8.19. The zero-order chi connectivity index (χ0) is 12.3. The minimum absolute atomic E-state index is 0.220. The van der Waals surface area contributed by atoms with Gasteiger partial charge in [0.05, 0.1) is 19.9 Å². The lowest BCUT2D eigenvalue weighted by Crippen LogP contribution is -2.01. The summed E-state index contributed by atoms with van der Waals surface area (Å²) < 4.78 is 7.35. The predicted molar refractivity (Wildman–Crippen MR) is 69.6 cm³/mol. The second-order valence-electron chi connectivity index (χ2n) is 3.42. The Kier molecular flexibility index (Phi) is 3.72. The first kappa shape index (κ1) is 12.0. The minimum atomic E-state index is -0.473. The molecule has 0 fully saturated rings. The molecular weight excluding hydrogens is 333 g/mol. The van der Waals surface area contributed by atoms with Gasteiger partial charge in [-0.05, 0) is 40.3 Å². The van der Waals surface area contributed by atoms with Gasteiger partial charge in [0.25, 0.3) is 0 Å². The van der Waals surface area contributed by atoms with Crippen molar-refractivity contribution in [3.63, 3.8) is 0 Å². The number of carbonyl (C=O) groups excluding carboxylic acids is 1. The standard InChI is InChI=1S/C11H10IN3O2/c1-17-11(16)10-7-15(14-13-10)6-8-2-4-9(12)5-3-8/h2-5,7H,6H2,1H3. The lowest BCUT2D eigenvalue weighted by atomic mass is 10.2. The Balaban J connectivity index is 2.11. The van der Waals surface area contributed by atoms with E-state index in [-0.39, 0.29) is 5.69 Å². The fourth-order valence-electron chi connectivity index (χ4n) is 1.35. The van der Waals surface area contributed by atoms with Crippen molar-refractivity contribution in [2.24, 2.45) is 0 Å². The van der Waals surface area contributed by atoms with Crippen LogP contribution in [0, 0.1) is 3.57 Å². The van der Waals surface area contributed by atoms with E-state index in [1.807, 2.05) is 24.3 Å². The first-order valence-corrected chi connectivity index (χ1v) is 6.00. The van der Waals surface area contributed by atoms with Crippen LogP contribution in [-0.2, 0) is 11.3 Å². The average Bonchev–Trinajstić information content (AvgIpc) is 2.80. The van der Waals surface area contributed by atoms with Crippen LogP contribution in [0.2, 0.25) is 0 Å². The highest BCUT2D eigenvalue weighted by atomic mass is 127. The number of rotatable bonds is 3. The number of carbonyl (C=O) groups is 1. The summed E-state index contributed by atoms with van der Waals surface area (Å²) in [5.74, 6) is -0.473. The van der Waals surface area contributed by atoms with Gasteiger partial charge in [0, 0.05) is 3.57 Å². The number of ether oxygens (including phenoxy) is 1. The van der Waals surface area contributed by atoms with Crippen LogP contribution in [0.4, 0.5) is 0 Å². The highest BCUT2D eigenvalue weighted by Gasteiger charge is 2.10. The van der Waals surface area contributed by atoms with E-state index in [9.17, 15) is 4.79 Å². The number of esters is 1. The molecule has 0 spiro atoms. The summed E-state index contributed by atoms with van der Waals surface area (Å²) in [7, 11) is 1.32. The van der Waals surface area contributed by atoms with Crippen molar-refractivity contribution in [3.8, 4) is 0 Å². The van der Waals surface area contributed by atoms with Crippen LogP contribution < -0.4 is 0 Å². The van der Waals surface area contributed by atoms with Crippen LogP contribution in [0.25, 0.3) is 0 Å². The topological polar surface area (TPSA) is 57.0 Å². The van der Waals surface area contributed by atoms with Crippen molar-refractivity contribution in [3.05, 3.63) is 45.3 Å². The maximum absolute atomic E-state index is 11.2. The monoisotopic (exact) mass is 343 g/mol. The Morgan fingerprint density at radius 2 is 2.12 bits per heavy atom. The van der Waals surface area contributed by atoms with Crippen LogP contribution in [-0.4, -0.2) is 28.1 Å². The molecule has 0 aliphatic carbocycles. The van der Waals surface area contributed by atoms with E-state index in [2.05, 4.69) is 37.6 Å². The first-order valence-electron chi connectivity index (χ1n) is 4.92. The van der Waals surface area contributed by atoms with Gasteiger partial charge < -0.3 is 4.74 Å². The number of halogens is 1. The molecule has 0 atom stereocenters. The summed E-state index contributed by atoms with van der Waals surface area (Å²) in [6, 6.07) is 8.07. The van der Waals surface area contributed by atoms with E-state index in [0.717, 1.165) is 5.56 Å². The van der Waals surface area contributed by atoms with E-state index in [1.54, 1.807) is 10.9 Å². The maximum Gasteiger partial charge on any atom is 0.360 e. The molecule has 2 aromatic rings. The average molecular weight is 343 g/mol. The summed E-state index contributed by atoms with van der Waals surface area (Å²) in [5, 5.41) is 7.60. The van der Waals surface area contributed by atoms with E-state index >= 15 is 0 Å². The predicted octanol–water partition coefficient (Wildman–Crippen LogP) is 1.72. The fourth-order valence-corrected chi connectivity index (χ4v) is 1.71. The zero-order valence-electron chi connectivity index (χ0n) is 9.13. The van der Waals surface area contributed by atoms with E-state index in [1.165, 1.54) is 10.7 Å². The van der Waals surface area contributed by atoms with Gasteiger partial charge in [0.2, 0.25) is 0 Å². The number of aromatic nitrogens is 3. The fraction of sp³-hybridized carbons (Fsp3) is 0.182. The molecule has 1 aromatic carbocycles. The Morgan fingerprint density at radius 3 is 2.76 bits per heavy atom. The van der Waals surface area contributed by atoms with E-state index < -0.39 is 5.97 Å². The minimum Gasteiger partial charge on any atom is -0.464 e. The third-order valence-electron chi connectivity index (χ3n) is 2.19. The van der Waals surface area contributed by atoms with Crippen LogP contribution in [0.5, 0.6) is 0 Å². The smallest absolute Gasteiger partial charge is 0.360 e. The number of hydrogen-bond acceptors (Lipinski definition) is 4. The molecule has 88 valence electrons. The lowest BCUT2D eigenvalue weighted by Gasteiger charge is -2.00. The Bertz CT molecular complexity index is 522. The van der Waals surface area contributed by atoms with Gasteiger partial charge in [-0.3, -0.25) is 0 Å². The molecule has 6 heteroatoms. The summed E-state index contributed by atoms with van der Waals surface area (Å²) in [4.78, 5) is 11.2. The van der Waals surface area contributed by atoms with Crippen LogP contribution >= 0.6 is 22.6 Å². The summed E-state index contributed by atoms with van der Waals surface area (Å²) >= 11 is 2.25. The van der Waals surface area contributed by atoms with Crippen molar-refractivity contribution in [2.75, 3.05) is 7.11 Å². The van der Waals surface area contributed by atoms with Crippen LogP contribution in [0.1, 0.15) is 16.1 Å². The normalized spacial score (nSPS) is 10.2.